The molecular weight excluding hydrogens is 300 g/mol. The highest BCUT2D eigenvalue weighted by atomic mass is 16.3. The van der Waals surface area contributed by atoms with Crippen molar-refractivity contribution >= 4 is 17.7 Å². The number of amides is 3. The summed E-state index contributed by atoms with van der Waals surface area (Å²) >= 11 is 0. The summed E-state index contributed by atoms with van der Waals surface area (Å²) in [5.74, 6) is -0.813. The van der Waals surface area contributed by atoms with E-state index in [0.29, 0.717) is 58.1 Å². The van der Waals surface area contributed by atoms with E-state index < -0.39 is 11.8 Å². The van der Waals surface area contributed by atoms with Crippen LogP contribution in [0.2, 0.25) is 0 Å². The van der Waals surface area contributed by atoms with Gasteiger partial charge >= 0.3 is 11.8 Å². The molecule has 2 fully saturated rings. The Hall–Kier alpha value is -2.35. The Bertz CT molecular complexity index is 572. The molecule has 1 aromatic heterocycles. The number of nitrogens with one attached hydrogen (secondary N) is 1. The Morgan fingerprint density at radius 3 is 2.00 bits per heavy atom. The molecule has 0 aromatic carbocycles. The fourth-order valence-electron chi connectivity index (χ4n) is 2.81. The molecule has 8 nitrogen and oxygen atoms in total. The maximum absolute atomic E-state index is 12.3. The van der Waals surface area contributed by atoms with E-state index in [1.165, 1.54) is 11.2 Å². The van der Waals surface area contributed by atoms with Gasteiger partial charge in [0.05, 0.1) is 6.26 Å². The van der Waals surface area contributed by atoms with Crippen LogP contribution < -0.4 is 5.32 Å². The van der Waals surface area contributed by atoms with Gasteiger partial charge in [-0.15, -0.1) is 0 Å². The number of nitrogens with zero attached hydrogens (tertiary/aromatic N) is 3. The molecule has 0 spiro atoms. The largest absolute Gasteiger partial charge is 0.459 e. The van der Waals surface area contributed by atoms with E-state index in [4.69, 9.17) is 4.42 Å². The van der Waals surface area contributed by atoms with Crippen LogP contribution in [-0.4, -0.2) is 84.8 Å². The molecule has 124 valence electrons. The number of piperazine rings is 2. The first kappa shape index (κ1) is 15.5. The zero-order chi connectivity index (χ0) is 16.2. The van der Waals surface area contributed by atoms with Gasteiger partial charge in [-0.3, -0.25) is 14.4 Å². The molecule has 1 aromatic rings. The molecule has 2 aliphatic heterocycles. The molecule has 0 radical (unpaired) electrons. The van der Waals surface area contributed by atoms with Gasteiger partial charge in [0, 0.05) is 52.4 Å². The number of carbonyl (C=O) groups excluding carboxylic acids is 3. The Labute approximate surface area is 134 Å². The molecule has 0 aliphatic carbocycles. The van der Waals surface area contributed by atoms with Gasteiger partial charge in [-0.1, -0.05) is 0 Å². The summed E-state index contributed by atoms with van der Waals surface area (Å²) in [5.41, 5.74) is 0. The predicted molar refractivity (Wildman–Crippen MR) is 80.6 cm³/mol. The summed E-state index contributed by atoms with van der Waals surface area (Å²) in [4.78, 5) is 41.4. The predicted octanol–water partition coefficient (Wildman–Crippen LogP) is -1.00. The van der Waals surface area contributed by atoms with Crippen molar-refractivity contribution in [2.24, 2.45) is 0 Å². The minimum atomic E-state index is -0.475. The van der Waals surface area contributed by atoms with Crippen LogP contribution in [0.5, 0.6) is 0 Å². The van der Waals surface area contributed by atoms with Gasteiger partial charge in [0.2, 0.25) is 0 Å². The lowest BCUT2D eigenvalue weighted by Crippen LogP contribution is -2.56. The third-order valence-corrected chi connectivity index (χ3v) is 4.17. The van der Waals surface area contributed by atoms with Gasteiger partial charge < -0.3 is 24.4 Å². The van der Waals surface area contributed by atoms with E-state index in [1.54, 1.807) is 21.9 Å². The average molecular weight is 320 g/mol. The first-order chi connectivity index (χ1) is 11.2. The first-order valence-electron chi connectivity index (χ1n) is 7.78. The zero-order valence-corrected chi connectivity index (χ0v) is 12.9. The summed E-state index contributed by atoms with van der Waals surface area (Å²) < 4.78 is 5.10. The van der Waals surface area contributed by atoms with Gasteiger partial charge in [-0.05, 0) is 12.1 Å². The molecule has 3 heterocycles. The topological polar surface area (TPSA) is 86.1 Å². The summed E-state index contributed by atoms with van der Waals surface area (Å²) in [5, 5.41) is 3.15. The third kappa shape index (κ3) is 3.37. The van der Waals surface area contributed by atoms with Crippen LogP contribution in [0.25, 0.3) is 0 Å². The highest BCUT2D eigenvalue weighted by molar-refractivity contribution is 6.34. The standard InChI is InChI=1S/C15H20N4O4/c20-13(12-2-1-11-23-12)18-7-9-19(10-8-18)15(22)14(21)17-5-3-16-4-6-17/h1-2,11,16H,3-10H2. The third-order valence-electron chi connectivity index (χ3n) is 4.17. The number of hydrogen-bond acceptors (Lipinski definition) is 5. The molecule has 0 unspecified atom stereocenters. The van der Waals surface area contributed by atoms with Crippen molar-refractivity contribution in [3.05, 3.63) is 24.2 Å². The van der Waals surface area contributed by atoms with Crippen LogP contribution in [0.1, 0.15) is 10.6 Å². The van der Waals surface area contributed by atoms with Crippen LogP contribution in [0.4, 0.5) is 0 Å². The van der Waals surface area contributed by atoms with Crippen LogP contribution in [0.15, 0.2) is 22.8 Å². The minimum Gasteiger partial charge on any atom is -0.459 e. The van der Waals surface area contributed by atoms with Crippen molar-refractivity contribution in [2.45, 2.75) is 0 Å². The van der Waals surface area contributed by atoms with Crippen LogP contribution in [-0.2, 0) is 9.59 Å². The average Bonchev–Trinajstić information content (AvgIpc) is 3.15. The Morgan fingerprint density at radius 2 is 1.43 bits per heavy atom. The van der Waals surface area contributed by atoms with Crippen molar-refractivity contribution in [2.75, 3.05) is 52.4 Å². The van der Waals surface area contributed by atoms with Crippen molar-refractivity contribution < 1.29 is 18.8 Å². The van der Waals surface area contributed by atoms with Crippen molar-refractivity contribution in [3.63, 3.8) is 0 Å². The monoisotopic (exact) mass is 320 g/mol. The lowest BCUT2D eigenvalue weighted by atomic mass is 10.2. The molecule has 2 saturated heterocycles. The van der Waals surface area contributed by atoms with E-state index in [2.05, 4.69) is 5.32 Å². The first-order valence-corrected chi connectivity index (χ1v) is 7.78. The van der Waals surface area contributed by atoms with E-state index >= 15 is 0 Å². The lowest BCUT2D eigenvalue weighted by Gasteiger charge is -2.35. The van der Waals surface area contributed by atoms with E-state index in [0.717, 1.165) is 0 Å². The van der Waals surface area contributed by atoms with Gasteiger partial charge in [-0.2, -0.15) is 0 Å². The smallest absolute Gasteiger partial charge is 0.312 e. The SMILES string of the molecule is O=C(C(=O)N1CCN(C(=O)c2ccco2)CC1)N1CCNCC1. The lowest BCUT2D eigenvalue weighted by molar-refractivity contribution is -0.153. The summed E-state index contributed by atoms with van der Waals surface area (Å²) in [6, 6.07) is 3.28. The highest BCUT2D eigenvalue weighted by Crippen LogP contribution is 2.10. The molecule has 0 bridgehead atoms. The quantitative estimate of drug-likeness (QED) is 0.671. The van der Waals surface area contributed by atoms with E-state index in [1.807, 2.05) is 0 Å². The number of rotatable bonds is 1. The van der Waals surface area contributed by atoms with Crippen molar-refractivity contribution in [3.8, 4) is 0 Å². The Kier molecular flexibility index (Phi) is 4.61. The second-order valence-corrected chi connectivity index (χ2v) is 5.60. The normalized spacial score (nSPS) is 18.9. The van der Waals surface area contributed by atoms with Crippen LogP contribution in [0.3, 0.4) is 0 Å². The van der Waals surface area contributed by atoms with Gasteiger partial charge in [-0.25, -0.2) is 0 Å². The summed E-state index contributed by atoms with van der Waals surface area (Å²) in [6.07, 6.45) is 1.46. The summed E-state index contributed by atoms with van der Waals surface area (Å²) in [7, 11) is 0. The molecule has 1 N–H and O–H groups in total. The molecule has 3 rings (SSSR count). The maximum atomic E-state index is 12.3. The molecule has 2 aliphatic rings. The second kappa shape index (κ2) is 6.82. The molecule has 0 saturated carbocycles. The number of hydrogen-bond donors (Lipinski definition) is 1. The second-order valence-electron chi connectivity index (χ2n) is 5.60. The number of furan rings is 1. The number of carbonyl (C=O) groups is 3. The fraction of sp³-hybridized carbons (Fsp3) is 0.533. The summed E-state index contributed by atoms with van der Waals surface area (Å²) in [6.45, 7) is 4.07. The van der Waals surface area contributed by atoms with Crippen molar-refractivity contribution in [1.82, 2.24) is 20.0 Å². The van der Waals surface area contributed by atoms with Gasteiger partial charge in [0.1, 0.15) is 0 Å². The van der Waals surface area contributed by atoms with Gasteiger partial charge in [0.15, 0.2) is 5.76 Å². The van der Waals surface area contributed by atoms with Crippen LogP contribution >= 0.6 is 0 Å². The molecule has 3 amide bonds. The molecule has 23 heavy (non-hydrogen) atoms. The van der Waals surface area contributed by atoms with Crippen LogP contribution in [0, 0.1) is 0 Å². The van der Waals surface area contributed by atoms with E-state index in [9.17, 15) is 14.4 Å². The molecular formula is C15H20N4O4. The molecule has 0 atom stereocenters. The zero-order valence-electron chi connectivity index (χ0n) is 12.9. The van der Waals surface area contributed by atoms with E-state index in [-0.39, 0.29) is 5.91 Å². The van der Waals surface area contributed by atoms with Gasteiger partial charge in [0.25, 0.3) is 5.91 Å². The highest BCUT2D eigenvalue weighted by Gasteiger charge is 2.31. The fourth-order valence-corrected chi connectivity index (χ4v) is 2.81. The molecule has 8 heteroatoms. The van der Waals surface area contributed by atoms with Crippen molar-refractivity contribution in [1.29, 1.82) is 0 Å². The maximum Gasteiger partial charge on any atom is 0.312 e. The minimum absolute atomic E-state index is 0.185. The Morgan fingerprint density at radius 1 is 0.870 bits per heavy atom. The Balaban J connectivity index is 1.53.